The zero-order valence-corrected chi connectivity index (χ0v) is 10.8. The first-order chi connectivity index (χ1) is 7.08. The lowest BCUT2D eigenvalue weighted by atomic mass is 10.2. The predicted molar refractivity (Wildman–Crippen MR) is 61.1 cm³/mol. The van der Waals surface area contributed by atoms with E-state index in [1.807, 2.05) is 13.8 Å². The molecule has 16 heavy (non-hydrogen) atoms. The molecule has 0 aliphatic rings. The topological polar surface area (TPSA) is 90.7 Å². The minimum Gasteiger partial charge on any atom is -0.453 e. The number of carbonyl (C=O) groups excluding carboxylic acids is 2. The number of primary amides is 1. The minimum absolute atomic E-state index is 0.155. The molecule has 0 heterocycles. The number of hydrogen-bond donors (Lipinski definition) is 2. The lowest BCUT2D eigenvalue weighted by Gasteiger charge is -2.16. The lowest BCUT2D eigenvalue weighted by molar-refractivity contribution is 0.0600. The molecule has 0 fully saturated rings. The third-order valence-electron chi connectivity index (χ3n) is 0.999. The Morgan fingerprint density at radius 1 is 1.25 bits per heavy atom. The molecule has 0 aliphatic heterocycles. The highest BCUT2D eigenvalue weighted by molar-refractivity contribution is 5.67. The van der Waals surface area contributed by atoms with Crippen LogP contribution in [0.3, 0.4) is 0 Å². The van der Waals surface area contributed by atoms with Gasteiger partial charge in [-0.25, -0.2) is 9.59 Å². The van der Waals surface area contributed by atoms with Crippen LogP contribution in [0.1, 0.15) is 34.6 Å². The van der Waals surface area contributed by atoms with Gasteiger partial charge in [0, 0.05) is 6.04 Å². The molecule has 0 aliphatic carbocycles. The van der Waals surface area contributed by atoms with Crippen LogP contribution in [0.15, 0.2) is 0 Å². The molecule has 0 saturated carbocycles. The van der Waals surface area contributed by atoms with Gasteiger partial charge in [-0.1, -0.05) is 0 Å². The van der Waals surface area contributed by atoms with Crippen LogP contribution < -0.4 is 11.1 Å². The number of hydrogen-bond acceptors (Lipinski definition) is 4. The molecule has 6 heteroatoms. The summed E-state index contributed by atoms with van der Waals surface area (Å²) in [5.74, 6) is 0. The average Bonchev–Trinajstić information content (AvgIpc) is 1.98. The van der Waals surface area contributed by atoms with E-state index in [0.717, 1.165) is 0 Å². The summed E-state index contributed by atoms with van der Waals surface area (Å²) in [4.78, 5) is 20.3. The van der Waals surface area contributed by atoms with E-state index in [4.69, 9.17) is 5.73 Å². The van der Waals surface area contributed by atoms with Gasteiger partial charge in [0.15, 0.2) is 0 Å². The Kier molecular flexibility index (Phi) is 8.25. The lowest BCUT2D eigenvalue weighted by Crippen LogP contribution is -2.29. The fourth-order valence-electron chi connectivity index (χ4n) is 0.596. The minimum atomic E-state index is -0.725. The van der Waals surface area contributed by atoms with Gasteiger partial charge < -0.3 is 20.5 Å². The van der Waals surface area contributed by atoms with Crippen molar-refractivity contribution in [2.45, 2.75) is 46.3 Å². The van der Waals surface area contributed by atoms with Crippen molar-refractivity contribution in [2.75, 3.05) is 7.11 Å². The van der Waals surface area contributed by atoms with Crippen LogP contribution >= 0.6 is 0 Å². The van der Waals surface area contributed by atoms with Gasteiger partial charge >= 0.3 is 12.2 Å². The van der Waals surface area contributed by atoms with Crippen molar-refractivity contribution in [1.82, 2.24) is 5.32 Å². The molecule has 0 bridgehead atoms. The van der Waals surface area contributed by atoms with Crippen LogP contribution in [0.25, 0.3) is 0 Å². The van der Waals surface area contributed by atoms with Gasteiger partial charge in [-0.05, 0) is 34.6 Å². The predicted octanol–water partition coefficient (Wildman–Crippen LogP) is 1.63. The Labute approximate surface area is 96.5 Å². The van der Waals surface area contributed by atoms with E-state index >= 15 is 0 Å². The maximum atomic E-state index is 10.3. The second kappa shape index (κ2) is 7.78. The molecule has 3 N–H and O–H groups in total. The summed E-state index contributed by atoms with van der Waals surface area (Å²) < 4.78 is 8.89. The van der Waals surface area contributed by atoms with Crippen molar-refractivity contribution in [3.63, 3.8) is 0 Å². The van der Waals surface area contributed by atoms with E-state index < -0.39 is 11.7 Å². The number of alkyl carbamates (subject to hydrolysis) is 1. The Bertz CT molecular complexity index is 221. The van der Waals surface area contributed by atoms with Gasteiger partial charge in [0.25, 0.3) is 0 Å². The zero-order chi connectivity index (χ0) is 13.4. The summed E-state index contributed by atoms with van der Waals surface area (Å²) >= 11 is 0. The second-order valence-corrected chi connectivity index (χ2v) is 4.32. The third-order valence-corrected chi connectivity index (χ3v) is 0.999. The maximum Gasteiger partial charge on any atom is 0.407 e. The van der Waals surface area contributed by atoms with Crippen LogP contribution in [-0.2, 0) is 9.47 Å². The number of nitrogens with one attached hydrogen (secondary N) is 1. The third kappa shape index (κ3) is 18.3. The Balaban J connectivity index is 0. The van der Waals surface area contributed by atoms with Crippen molar-refractivity contribution in [3.05, 3.63) is 0 Å². The molecule has 0 spiro atoms. The second-order valence-electron chi connectivity index (χ2n) is 4.32. The number of methoxy groups -OCH3 is 1. The van der Waals surface area contributed by atoms with Crippen molar-refractivity contribution in [3.8, 4) is 0 Å². The normalized spacial score (nSPS) is 9.94. The van der Waals surface area contributed by atoms with Gasteiger partial charge in [-0.15, -0.1) is 0 Å². The van der Waals surface area contributed by atoms with Crippen molar-refractivity contribution < 1.29 is 19.1 Å². The molecule has 6 nitrogen and oxygen atoms in total. The highest BCUT2D eigenvalue weighted by Gasteiger charge is 2.12. The van der Waals surface area contributed by atoms with Crippen LogP contribution in [0.4, 0.5) is 9.59 Å². The fraction of sp³-hybridized carbons (Fsp3) is 0.800. The van der Waals surface area contributed by atoms with E-state index in [1.54, 1.807) is 20.8 Å². The van der Waals surface area contributed by atoms with E-state index in [9.17, 15) is 9.59 Å². The molecule has 0 radical (unpaired) electrons. The molecule has 2 amide bonds. The van der Waals surface area contributed by atoms with Crippen LogP contribution in [0.5, 0.6) is 0 Å². The molecule has 0 aromatic carbocycles. The summed E-state index contributed by atoms with van der Waals surface area (Å²) in [5, 5.41) is 2.53. The first-order valence-corrected chi connectivity index (χ1v) is 4.91. The Hall–Kier alpha value is -1.46. The molecule has 0 saturated heterocycles. The molecule has 0 unspecified atom stereocenters. The van der Waals surface area contributed by atoms with Gasteiger partial charge in [0.2, 0.25) is 0 Å². The van der Waals surface area contributed by atoms with E-state index in [1.165, 1.54) is 7.11 Å². The number of rotatable bonds is 1. The van der Waals surface area contributed by atoms with Crippen molar-refractivity contribution in [1.29, 1.82) is 0 Å². The van der Waals surface area contributed by atoms with Gasteiger partial charge in [-0.3, -0.25) is 0 Å². The summed E-state index contributed by atoms with van der Waals surface area (Å²) in [6.07, 6.45) is -1.10. The van der Waals surface area contributed by atoms with E-state index in [-0.39, 0.29) is 12.1 Å². The van der Waals surface area contributed by atoms with Gasteiger partial charge in [0.05, 0.1) is 7.11 Å². The quantitative estimate of drug-likeness (QED) is 0.721. The first kappa shape index (κ1) is 17.0. The van der Waals surface area contributed by atoms with Crippen molar-refractivity contribution >= 4 is 12.2 Å². The van der Waals surface area contributed by atoms with Gasteiger partial charge in [-0.2, -0.15) is 0 Å². The summed E-state index contributed by atoms with van der Waals surface area (Å²) in [5.41, 5.74) is 4.26. The fourth-order valence-corrected chi connectivity index (χ4v) is 0.596. The van der Waals surface area contributed by atoms with Crippen LogP contribution in [-0.4, -0.2) is 30.9 Å². The molecule has 0 rings (SSSR count). The molecule has 0 atom stereocenters. The van der Waals surface area contributed by atoms with Crippen molar-refractivity contribution in [2.24, 2.45) is 5.73 Å². The van der Waals surface area contributed by atoms with Crippen LogP contribution in [0.2, 0.25) is 0 Å². The summed E-state index contributed by atoms with van der Waals surface area (Å²) in [7, 11) is 1.34. The molecule has 96 valence electrons. The first-order valence-electron chi connectivity index (χ1n) is 4.91. The zero-order valence-electron chi connectivity index (χ0n) is 10.8. The smallest absolute Gasteiger partial charge is 0.407 e. The summed E-state index contributed by atoms with van der Waals surface area (Å²) in [6, 6.07) is 0.155. The Morgan fingerprint density at radius 2 is 1.69 bits per heavy atom. The highest BCUT2D eigenvalue weighted by Crippen LogP contribution is 2.04. The van der Waals surface area contributed by atoms with Crippen LogP contribution in [0, 0.1) is 0 Å². The largest absolute Gasteiger partial charge is 0.453 e. The number of amides is 2. The average molecular weight is 234 g/mol. The van der Waals surface area contributed by atoms with Gasteiger partial charge in [0.1, 0.15) is 5.60 Å². The van der Waals surface area contributed by atoms with E-state index in [0.29, 0.717) is 0 Å². The monoisotopic (exact) mass is 234 g/mol. The SMILES string of the molecule is CC(C)(C)OC(N)=O.COC(=O)NC(C)C. The Morgan fingerprint density at radius 3 is 1.75 bits per heavy atom. The molecule has 0 aromatic rings. The summed E-state index contributed by atoms with van der Waals surface area (Å²) in [6.45, 7) is 9.03. The number of carbonyl (C=O) groups is 2. The molecule has 0 aromatic heterocycles. The highest BCUT2D eigenvalue weighted by atomic mass is 16.6. The number of nitrogens with two attached hydrogens (primary N) is 1. The molecular weight excluding hydrogens is 212 g/mol. The maximum absolute atomic E-state index is 10.3. The van der Waals surface area contributed by atoms with E-state index in [2.05, 4.69) is 14.8 Å². The standard InChI is InChI=1S/2C5H11NO2/c1-5(2,3)8-4(6)7;1-4(2)6-5(7)8-3/h1-3H3,(H2,6,7);4H,1-3H3,(H,6,7). The number of ether oxygens (including phenoxy) is 2. The molecular formula is C10H22N2O4.